The molecule has 2 rings (SSSR count). The maximum Gasteiger partial charge on any atom is 0.325 e. The van der Waals surface area contributed by atoms with E-state index in [2.05, 4.69) is 5.32 Å². The third-order valence-electron chi connectivity index (χ3n) is 3.59. The number of ketones is 1. The van der Waals surface area contributed by atoms with Gasteiger partial charge in [-0.1, -0.05) is 0 Å². The molecule has 0 saturated carbocycles. The summed E-state index contributed by atoms with van der Waals surface area (Å²) in [6, 6.07) is 3.08. The van der Waals surface area contributed by atoms with Gasteiger partial charge in [-0.15, -0.1) is 11.3 Å². The first-order valence-corrected chi connectivity index (χ1v) is 8.42. The van der Waals surface area contributed by atoms with Crippen LogP contribution in [0.1, 0.15) is 41.2 Å². The second kappa shape index (κ2) is 7.12. The van der Waals surface area contributed by atoms with Gasteiger partial charge in [-0.3, -0.25) is 19.3 Å². The van der Waals surface area contributed by atoms with Crippen LogP contribution in [0.15, 0.2) is 12.1 Å². The molecule has 0 spiro atoms. The van der Waals surface area contributed by atoms with E-state index in [1.807, 2.05) is 13.0 Å². The number of Topliss-reactive ketones (excluding diaryl/α,β-unsaturated/α-hetero) is 1. The molecule has 1 saturated heterocycles. The molecule has 1 N–H and O–H groups in total. The average Bonchev–Trinajstić information content (AvgIpc) is 3.01. The first-order valence-electron chi connectivity index (χ1n) is 7.60. The summed E-state index contributed by atoms with van der Waals surface area (Å²) in [5.74, 6) is -1.08. The maximum atomic E-state index is 12.0. The molecule has 1 aliphatic rings. The smallest absolute Gasteiger partial charge is 0.325 e. The predicted molar refractivity (Wildman–Crippen MR) is 87.9 cm³/mol. The molecule has 24 heavy (non-hydrogen) atoms. The zero-order chi connectivity index (χ0) is 17.9. The third-order valence-corrected chi connectivity index (χ3v) is 4.63. The van der Waals surface area contributed by atoms with E-state index in [1.54, 1.807) is 19.9 Å². The van der Waals surface area contributed by atoms with Gasteiger partial charge in [-0.25, -0.2) is 4.79 Å². The number of urea groups is 1. The van der Waals surface area contributed by atoms with Crippen molar-refractivity contribution in [2.75, 3.05) is 13.2 Å². The fraction of sp³-hybridized carbons (Fsp3) is 0.500. The summed E-state index contributed by atoms with van der Waals surface area (Å²) in [7, 11) is 0. The normalized spacial score (nSPS) is 16.2. The number of carbonyl (C=O) groups is 4. The lowest BCUT2D eigenvalue weighted by molar-refractivity contribution is -0.143. The van der Waals surface area contributed by atoms with Crippen molar-refractivity contribution in [3.05, 3.63) is 21.9 Å². The summed E-state index contributed by atoms with van der Waals surface area (Å²) in [5.41, 5.74) is -0.914. The molecule has 3 amide bonds. The number of esters is 1. The van der Waals surface area contributed by atoms with Crippen LogP contribution in [0.5, 0.6) is 0 Å². The lowest BCUT2D eigenvalue weighted by Gasteiger charge is -2.15. The number of imide groups is 1. The first kappa shape index (κ1) is 18.1. The maximum absolute atomic E-state index is 12.0. The summed E-state index contributed by atoms with van der Waals surface area (Å²) >= 11 is 1.35. The van der Waals surface area contributed by atoms with Gasteiger partial charge in [0.05, 0.1) is 4.88 Å². The number of carbonyl (C=O) groups excluding carboxylic acids is 4. The van der Waals surface area contributed by atoms with Crippen molar-refractivity contribution in [1.82, 2.24) is 10.2 Å². The number of aryl methyl sites for hydroxylation is 1. The van der Waals surface area contributed by atoms with Crippen LogP contribution >= 0.6 is 11.3 Å². The molecule has 0 aliphatic carbocycles. The minimum absolute atomic E-state index is 0.0359. The molecule has 2 heterocycles. The van der Waals surface area contributed by atoms with E-state index in [-0.39, 0.29) is 31.3 Å². The average molecular weight is 352 g/mol. The van der Waals surface area contributed by atoms with Gasteiger partial charge < -0.3 is 10.1 Å². The van der Waals surface area contributed by atoms with Crippen molar-refractivity contribution < 1.29 is 23.9 Å². The largest absolute Gasteiger partial charge is 0.457 e. The highest BCUT2D eigenvalue weighted by atomic mass is 32.1. The SMILES string of the molecule is Cc1ccc(C(=O)COC(=O)CCCN2C(=O)NC(C)(C)C2=O)s1. The molecule has 0 aromatic carbocycles. The van der Waals surface area contributed by atoms with Gasteiger partial charge in [0.15, 0.2) is 6.61 Å². The van der Waals surface area contributed by atoms with Crippen molar-refractivity contribution in [3.8, 4) is 0 Å². The second-order valence-electron chi connectivity index (χ2n) is 6.11. The van der Waals surface area contributed by atoms with Crippen molar-refractivity contribution in [2.24, 2.45) is 0 Å². The number of nitrogens with one attached hydrogen (secondary N) is 1. The molecule has 0 radical (unpaired) electrons. The molecule has 0 unspecified atom stereocenters. The summed E-state index contributed by atoms with van der Waals surface area (Å²) in [4.78, 5) is 49.8. The Hall–Kier alpha value is -2.22. The fourth-order valence-electron chi connectivity index (χ4n) is 2.28. The topological polar surface area (TPSA) is 92.8 Å². The summed E-state index contributed by atoms with van der Waals surface area (Å²) in [6.07, 6.45) is 0.328. The Kier molecular flexibility index (Phi) is 5.38. The molecule has 1 aromatic heterocycles. The van der Waals surface area contributed by atoms with E-state index in [0.29, 0.717) is 11.3 Å². The van der Waals surface area contributed by atoms with Crippen molar-refractivity contribution in [2.45, 2.75) is 39.2 Å². The molecule has 0 atom stereocenters. The number of thiophene rings is 1. The van der Waals surface area contributed by atoms with E-state index < -0.39 is 17.5 Å². The van der Waals surface area contributed by atoms with Gasteiger partial charge in [-0.05, 0) is 39.3 Å². The highest BCUT2D eigenvalue weighted by Crippen LogP contribution is 2.17. The molecule has 8 heteroatoms. The molecular formula is C16H20N2O5S. The van der Waals surface area contributed by atoms with Gasteiger partial charge in [0.25, 0.3) is 5.91 Å². The lowest BCUT2D eigenvalue weighted by Crippen LogP contribution is -2.40. The third kappa shape index (κ3) is 4.19. The van der Waals surface area contributed by atoms with Crippen LogP contribution in [0.4, 0.5) is 4.79 Å². The number of hydrogen-bond donors (Lipinski definition) is 1. The molecule has 130 valence electrons. The van der Waals surface area contributed by atoms with Crippen LogP contribution in [0.25, 0.3) is 0 Å². The Morgan fingerprint density at radius 3 is 2.54 bits per heavy atom. The second-order valence-corrected chi connectivity index (χ2v) is 7.40. The van der Waals surface area contributed by atoms with Gasteiger partial charge in [0, 0.05) is 17.8 Å². The summed E-state index contributed by atoms with van der Waals surface area (Å²) < 4.78 is 4.94. The van der Waals surface area contributed by atoms with Gasteiger partial charge in [0.1, 0.15) is 5.54 Å². The number of hydrogen-bond acceptors (Lipinski definition) is 6. The standard InChI is InChI=1S/C16H20N2O5S/c1-10-6-7-12(24-10)11(19)9-23-13(20)5-4-8-18-14(21)16(2,3)17-15(18)22/h6-7H,4-5,8-9H2,1-3H3,(H,17,22). The van der Waals surface area contributed by atoms with E-state index >= 15 is 0 Å². The van der Waals surface area contributed by atoms with E-state index in [0.717, 1.165) is 9.78 Å². The first-order chi connectivity index (χ1) is 11.2. The van der Waals surface area contributed by atoms with E-state index in [4.69, 9.17) is 4.74 Å². The van der Waals surface area contributed by atoms with Gasteiger partial charge in [-0.2, -0.15) is 0 Å². The Bertz CT molecular complexity index is 680. The highest BCUT2D eigenvalue weighted by Gasteiger charge is 2.43. The molecular weight excluding hydrogens is 332 g/mol. The molecule has 1 aromatic rings. The highest BCUT2D eigenvalue weighted by molar-refractivity contribution is 7.14. The zero-order valence-corrected chi connectivity index (χ0v) is 14.7. The van der Waals surface area contributed by atoms with Crippen LogP contribution < -0.4 is 5.32 Å². The quantitative estimate of drug-likeness (QED) is 0.459. The molecule has 1 fully saturated rings. The van der Waals surface area contributed by atoms with E-state index in [9.17, 15) is 19.2 Å². The van der Waals surface area contributed by atoms with Gasteiger partial charge >= 0.3 is 12.0 Å². The Labute approximate surface area is 144 Å². The molecule has 7 nitrogen and oxygen atoms in total. The number of rotatable bonds is 7. The Morgan fingerprint density at radius 2 is 2.00 bits per heavy atom. The minimum Gasteiger partial charge on any atom is -0.457 e. The van der Waals surface area contributed by atoms with Crippen molar-refractivity contribution in [1.29, 1.82) is 0 Å². The van der Waals surface area contributed by atoms with Crippen molar-refractivity contribution >= 4 is 35.0 Å². The summed E-state index contributed by atoms with van der Waals surface area (Å²) in [6.45, 7) is 4.99. The monoisotopic (exact) mass is 352 g/mol. The van der Waals surface area contributed by atoms with Crippen LogP contribution in [-0.4, -0.2) is 47.3 Å². The Morgan fingerprint density at radius 1 is 1.29 bits per heavy atom. The Balaban J connectivity index is 1.71. The number of amides is 3. The summed E-state index contributed by atoms with van der Waals surface area (Å²) in [5, 5.41) is 2.57. The predicted octanol–water partition coefficient (Wildman–Crippen LogP) is 1.89. The van der Waals surface area contributed by atoms with Crippen LogP contribution in [0.2, 0.25) is 0 Å². The molecule has 1 aliphatic heterocycles. The fourth-order valence-corrected chi connectivity index (χ4v) is 3.07. The van der Waals surface area contributed by atoms with Crippen LogP contribution in [0.3, 0.4) is 0 Å². The zero-order valence-electron chi connectivity index (χ0n) is 13.9. The molecule has 0 bridgehead atoms. The van der Waals surface area contributed by atoms with Crippen LogP contribution in [-0.2, 0) is 14.3 Å². The lowest BCUT2D eigenvalue weighted by atomic mass is 10.1. The van der Waals surface area contributed by atoms with Crippen molar-refractivity contribution in [3.63, 3.8) is 0 Å². The van der Waals surface area contributed by atoms with Crippen LogP contribution in [0, 0.1) is 6.92 Å². The van der Waals surface area contributed by atoms with Gasteiger partial charge in [0.2, 0.25) is 5.78 Å². The number of nitrogens with zero attached hydrogens (tertiary/aromatic N) is 1. The number of ether oxygens (including phenoxy) is 1. The minimum atomic E-state index is -0.914. The van der Waals surface area contributed by atoms with E-state index in [1.165, 1.54) is 11.3 Å².